The molecule has 0 bridgehead atoms. The van der Waals surface area contributed by atoms with Crippen LogP contribution in [-0.2, 0) is 6.18 Å². The highest BCUT2D eigenvalue weighted by molar-refractivity contribution is 7.98. The third-order valence-corrected chi connectivity index (χ3v) is 2.85. The van der Waals surface area contributed by atoms with Crippen molar-refractivity contribution in [2.75, 3.05) is 23.9 Å². The molecule has 0 atom stereocenters. The summed E-state index contributed by atoms with van der Waals surface area (Å²) >= 11 is 2.43. The molecule has 1 aromatic heterocycles. The number of halogens is 3. The summed E-state index contributed by atoms with van der Waals surface area (Å²) in [6.45, 7) is 0.618. The largest absolute Gasteiger partial charge is 0.452 e. The molecular weight excluding hydrogens is 247 g/mol. The van der Waals surface area contributed by atoms with E-state index in [9.17, 15) is 13.2 Å². The molecule has 0 aromatic carbocycles. The van der Waals surface area contributed by atoms with E-state index in [0.717, 1.165) is 23.7 Å². The Kier molecular flexibility index (Phi) is 4.65. The maximum absolute atomic E-state index is 12.1. The van der Waals surface area contributed by atoms with Crippen molar-refractivity contribution in [3.8, 4) is 0 Å². The summed E-state index contributed by atoms with van der Waals surface area (Å²) in [5.41, 5.74) is 0. The molecule has 3 nitrogen and oxygen atoms in total. The lowest BCUT2D eigenvalue weighted by Gasteiger charge is -2.00. The van der Waals surface area contributed by atoms with E-state index in [1.54, 1.807) is 11.8 Å². The number of nitrogens with zero attached hydrogens (tertiary/aromatic N) is 2. The number of alkyl halides is 3. The fourth-order valence-electron chi connectivity index (χ4n) is 0.822. The van der Waals surface area contributed by atoms with Crippen molar-refractivity contribution in [2.45, 2.75) is 12.6 Å². The quantitative estimate of drug-likeness (QED) is 0.823. The Morgan fingerprint density at radius 2 is 2.20 bits per heavy atom. The van der Waals surface area contributed by atoms with Crippen LogP contribution in [0.25, 0.3) is 0 Å². The zero-order valence-electron chi connectivity index (χ0n) is 7.97. The SMILES string of the molecule is CSCCCNc1nc(C(F)(F)F)ns1. The Morgan fingerprint density at radius 1 is 1.47 bits per heavy atom. The van der Waals surface area contributed by atoms with Gasteiger partial charge in [-0.15, -0.1) is 0 Å². The molecule has 8 heteroatoms. The van der Waals surface area contributed by atoms with E-state index in [4.69, 9.17) is 0 Å². The molecule has 0 aliphatic rings. The van der Waals surface area contributed by atoms with Crippen LogP contribution < -0.4 is 5.32 Å². The standard InChI is InChI=1S/C7H10F3N3S2/c1-14-4-2-3-11-6-12-5(13-15-6)7(8,9)10/h2-4H2,1H3,(H,11,12,13). The van der Waals surface area contributed by atoms with E-state index >= 15 is 0 Å². The Morgan fingerprint density at radius 3 is 2.73 bits per heavy atom. The number of hydrogen-bond acceptors (Lipinski definition) is 5. The van der Waals surface area contributed by atoms with Crippen molar-refractivity contribution in [3.05, 3.63) is 5.82 Å². The smallest absolute Gasteiger partial charge is 0.360 e. The number of hydrogen-bond donors (Lipinski definition) is 1. The Hall–Kier alpha value is -0.500. The van der Waals surface area contributed by atoms with Gasteiger partial charge in [0.2, 0.25) is 11.0 Å². The molecule has 0 saturated carbocycles. The number of nitrogens with one attached hydrogen (secondary N) is 1. The second-order valence-corrected chi connectivity index (χ2v) is 4.43. The molecule has 1 aromatic rings. The minimum atomic E-state index is -4.45. The average molecular weight is 257 g/mol. The molecular formula is C7H10F3N3S2. The van der Waals surface area contributed by atoms with E-state index in [2.05, 4.69) is 14.7 Å². The summed E-state index contributed by atoms with van der Waals surface area (Å²) < 4.78 is 39.5. The van der Waals surface area contributed by atoms with Gasteiger partial charge in [0.1, 0.15) is 0 Å². The first kappa shape index (κ1) is 12.6. The predicted octanol–water partition coefficient (Wildman–Crippen LogP) is 2.72. The van der Waals surface area contributed by atoms with Gasteiger partial charge in [0.25, 0.3) is 0 Å². The van der Waals surface area contributed by atoms with Gasteiger partial charge in [-0.05, 0) is 18.4 Å². The van der Waals surface area contributed by atoms with E-state index in [1.165, 1.54) is 0 Å². The minimum absolute atomic E-state index is 0.225. The Labute approximate surface area is 93.6 Å². The van der Waals surface area contributed by atoms with Crippen molar-refractivity contribution in [1.29, 1.82) is 0 Å². The molecule has 1 rings (SSSR count). The number of aromatic nitrogens is 2. The van der Waals surface area contributed by atoms with Crippen LogP contribution in [0.2, 0.25) is 0 Å². The van der Waals surface area contributed by atoms with E-state index in [0.29, 0.717) is 6.54 Å². The van der Waals surface area contributed by atoms with Crippen LogP contribution in [-0.4, -0.2) is 27.9 Å². The molecule has 86 valence electrons. The van der Waals surface area contributed by atoms with Crippen LogP contribution in [0, 0.1) is 0 Å². The first-order valence-electron chi connectivity index (χ1n) is 4.17. The summed E-state index contributed by atoms with van der Waals surface area (Å²) in [5.74, 6) is -0.0994. The third-order valence-electron chi connectivity index (χ3n) is 1.48. The highest BCUT2D eigenvalue weighted by atomic mass is 32.2. The van der Waals surface area contributed by atoms with Gasteiger partial charge in [-0.2, -0.15) is 34.3 Å². The predicted molar refractivity (Wildman–Crippen MR) is 56.4 cm³/mol. The summed E-state index contributed by atoms with van der Waals surface area (Å²) in [6.07, 6.45) is -1.58. The van der Waals surface area contributed by atoms with Crippen molar-refractivity contribution in [3.63, 3.8) is 0 Å². The normalized spacial score (nSPS) is 11.7. The lowest BCUT2D eigenvalue weighted by molar-refractivity contribution is -0.144. The number of rotatable bonds is 5. The van der Waals surface area contributed by atoms with E-state index in [-0.39, 0.29) is 5.13 Å². The molecule has 0 amide bonds. The lowest BCUT2D eigenvalue weighted by Crippen LogP contribution is -2.08. The van der Waals surface area contributed by atoms with Crippen LogP contribution in [0.15, 0.2) is 0 Å². The first-order valence-corrected chi connectivity index (χ1v) is 6.34. The van der Waals surface area contributed by atoms with Gasteiger partial charge in [0.15, 0.2) is 0 Å². The van der Waals surface area contributed by atoms with E-state index < -0.39 is 12.0 Å². The number of anilines is 1. The highest BCUT2D eigenvalue weighted by Gasteiger charge is 2.35. The van der Waals surface area contributed by atoms with Gasteiger partial charge in [0.05, 0.1) is 0 Å². The summed E-state index contributed by atoms with van der Waals surface area (Å²) in [4.78, 5) is 3.34. The molecule has 1 heterocycles. The van der Waals surface area contributed by atoms with Crippen LogP contribution in [0.4, 0.5) is 18.3 Å². The highest BCUT2D eigenvalue weighted by Crippen LogP contribution is 2.28. The second-order valence-electron chi connectivity index (χ2n) is 2.69. The summed E-state index contributed by atoms with van der Waals surface area (Å²) in [7, 11) is 0. The molecule has 0 fully saturated rings. The van der Waals surface area contributed by atoms with Gasteiger partial charge < -0.3 is 5.32 Å². The van der Waals surface area contributed by atoms with Gasteiger partial charge in [-0.1, -0.05) is 0 Å². The first-order chi connectivity index (χ1) is 7.04. The average Bonchev–Trinajstić information content (AvgIpc) is 2.60. The van der Waals surface area contributed by atoms with Crippen LogP contribution in [0.3, 0.4) is 0 Å². The maximum Gasteiger partial charge on any atom is 0.452 e. The number of thioether (sulfide) groups is 1. The van der Waals surface area contributed by atoms with Gasteiger partial charge >= 0.3 is 6.18 Å². The second kappa shape index (κ2) is 5.55. The van der Waals surface area contributed by atoms with Crippen LogP contribution in [0.5, 0.6) is 0 Å². The molecule has 0 saturated heterocycles. The van der Waals surface area contributed by atoms with Crippen LogP contribution in [0.1, 0.15) is 12.2 Å². The molecule has 0 unspecified atom stereocenters. The van der Waals surface area contributed by atoms with E-state index in [1.807, 2.05) is 6.26 Å². The monoisotopic (exact) mass is 257 g/mol. The molecule has 0 aliphatic carbocycles. The topological polar surface area (TPSA) is 37.8 Å². The Balaban J connectivity index is 2.40. The van der Waals surface area contributed by atoms with Crippen LogP contribution >= 0.6 is 23.3 Å². The fourth-order valence-corrected chi connectivity index (χ4v) is 1.87. The van der Waals surface area contributed by atoms with Gasteiger partial charge in [-0.25, -0.2) is 0 Å². The lowest BCUT2D eigenvalue weighted by atomic mass is 10.5. The minimum Gasteiger partial charge on any atom is -0.360 e. The molecule has 0 aliphatic heterocycles. The molecule has 15 heavy (non-hydrogen) atoms. The summed E-state index contributed by atoms with van der Waals surface area (Å²) in [6, 6.07) is 0. The van der Waals surface area contributed by atoms with Crippen molar-refractivity contribution < 1.29 is 13.2 Å². The van der Waals surface area contributed by atoms with Crippen molar-refractivity contribution >= 4 is 28.4 Å². The van der Waals surface area contributed by atoms with Crippen molar-refractivity contribution in [2.24, 2.45) is 0 Å². The molecule has 0 radical (unpaired) electrons. The van der Waals surface area contributed by atoms with Crippen molar-refractivity contribution in [1.82, 2.24) is 9.36 Å². The van der Waals surface area contributed by atoms with Gasteiger partial charge in [-0.3, -0.25) is 0 Å². The Bertz CT molecular complexity index is 300. The molecule has 0 spiro atoms. The third kappa shape index (κ3) is 4.25. The summed E-state index contributed by atoms with van der Waals surface area (Å²) in [5, 5.41) is 3.03. The zero-order valence-corrected chi connectivity index (χ0v) is 9.60. The zero-order chi connectivity index (χ0) is 11.3. The maximum atomic E-state index is 12.1. The fraction of sp³-hybridized carbons (Fsp3) is 0.714. The molecule has 1 N–H and O–H groups in total. The van der Waals surface area contributed by atoms with Gasteiger partial charge in [0, 0.05) is 18.1 Å².